The van der Waals surface area contributed by atoms with E-state index in [0.717, 1.165) is 0 Å². The normalized spacial score (nSPS) is 18.3. The fourth-order valence-electron chi connectivity index (χ4n) is 3.32. The van der Waals surface area contributed by atoms with Gasteiger partial charge in [-0.2, -0.15) is 0 Å². The molecule has 144 valence electrons. The van der Waals surface area contributed by atoms with Crippen LogP contribution < -0.4 is 5.32 Å². The van der Waals surface area contributed by atoms with Gasteiger partial charge in [0.1, 0.15) is 11.5 Å². The Morgan fingerprint density at radius 1 is 1.16 bits per heavy atom. The third-order valence-electron chi connectivity index (χ3n) is 4.54. The van der Waals surface area contributed by atoms with Gasteiger partial charge in [0.25, 0.3) is 0 Å². The topological polar surface area (TPSA) is 95.9 Å². The molecule has 1 saturated heterocycles. The molecule has 0 bridgehead atoms. The zero-order valence-corrected chi connectivity index (χ0v) is 16.0. The number of nitrogens with zero attached hydrogens (tertiary/aromatic N) is 1. The molecule has 1 amide bonds. The highest BCUT2D eigenvalue weighted by Gasteiger charge is 2.47. The second-order valence-electron chi connectivity index (χ2n) is 7.47. The molecule has 25 heavy (non-hydrogen) atoms. The number of piperidine rings is 1. The van der Waals surface area contributed by atoms with Crippen molar-refractivity contribution in [3.05, 3.63) is 0 Å². The average Bonchev–Trinajstić information content (AvgIpc) is 2.52. The highest BCUT2D eigenvalue weighted by molar-refractivity contribution is 6.01. The van der Waals surface area contributed by atoms with Crippen LogP contribution in [0.3, 0.4) is 0 Å². The number of carboxylic acid groups (broad SMARTS) is 1. The molecule has 0 spiro atoms. The molecular weight excluding hydrogens is 324 g/mol. The predicted molar refractivity (Wildman–Crippen MR) is 94.0 cm³/mol. The van der Waals surface area contributed by atoms with Crippen LogP contribution in [0.4, 0.5) is 0 Å². The van der Waals surface area contributed by atoms with E-state index in [4.69, 9.17) is 4.74 Å². The van der Waals surface area contributed by atoms with E-state index in [-0.39, 0.29) is 5.92 Å². The highest BCUT2D eigenvalue weighted by Crippen LogP contribution is 2.32. The van der Waals surface area contributed by atoms with Gasteiger partial charge in [-0.3, -0.25) is 14.4 Å². The third kappa shape index (κ3) is 5.99. The summed E-state index contributed by atoms with van der Waals surface area (Å²) in [5.74, 6) is -4.91. The maximum absolute atomic E-state index is 12.8. The number of hydrogen-bond donors (Lipinski definition) is 2. The van der Waals surface area contributed by atoms with E-state index in [1.165, 1.54) is 4.90 Å². The van der Waals surface area contributed by atoms with Crippen LogP contribution >= 0.6 is 0 Å². The van der Waals surface area contributed by atoms with Crippen molar-refractivity contribution in [3.63, 3.8) is 0 Å². The van der Waals surface area contributed by atoms with Crippen molar-refractivity contribution < 1.29 is 24.2 Å². The van der Waals surface area contributed by atoms with Gasteiger partial charge in [0.15, 0.2) is 0 Å². The number of ether oxygens (including phenoxy) is 1. The monoisotopic (exact) mass is 356 g/mol. The maximum Gasteiger partial charge on any atom is 0.316 e. The average molecular weight is 356 g/mol. The SMILES string of the molecule is CCN(CC)C(=O)C(C(=O)O)C(C(=O)OC(C)(C)C)C1CCNCC1. The third-order valence-corrected chi connectivity index (χ3v) is 4.54. The van der Waals surface area contributed by atoms with Gasteiger partial charge in [-0.05, 0) is 66.5 Å². The Morgan fingerprint density at radius 2 is 1.68 bits per heavy atom. The van der Waals surface area contributed by atoms with Gasteiger partial charge in [0, 0.05) is 13.1 Å². The van der Waals surface area contributed by atoms with Crippen molar-refractivity contribution in [1.82, 2.24) is 10.2 Å². The molecule has 2 atom stereocenters. The Hall–Kier alpha value is -1.63. The van der Waals surface area contributed by atoms with Crippen LogP contribution in [0.2, 0.25) is 0 Å². The van der Waals surface area contributed by atoms with E-state index in [1.807, 2.05) is 0 Å². The van der Waals surface area contributed by atoms with Gasteiger partial charge in [-0.1, -0.05) is 0 Å². The van der Waals surface area contributed by atoms with Crippen molar-refractivity contribution in [3.8, 4) is 0 Å². The van der Waals surface area contributed by atoms with Crippen LogP contribution in [0.15, 0.2) is 0 Å². The quantitative estimate of drug-likeness (QED) is 0.530. The second kappa shape index (κ2) is 9.17. The lowest BCUT2D eigenvalue weighted by atomic mass is 9.76. The number of carbonyl (C=O) groups excluding carboxylic acids is 2. The minimum absolute atomic E-state index is 0.184. The molecule has 7 nitrogen and oxygen atoms in total. The zero-order chi connectivity index (χ0) is 19.2. The Labute approximate surface area is 150 Å². The van der Waals surface area contributed by atoms with E-state index >= 15 is 0 Å². The molecule has 2 N–H and O–H groups in total. The van der Waals surface area contributed by atoms with Crippen molar-refractivity contribution in [2.24, 2.45) is 17.8 Å². The minimum Gasteiger partial charge on any atom is -0.481 e. The fourth-order valence-corrected chi connectivity index (χ4v) is 3.32. The molecule has 0 saturated carbocycles. The highest BCUT2D eigenvalue weighted by atomic mass is 16.6. The van der Waals surface area contributed by atoms with Crippen LogP contribution in [-0.2, 0) is 19.1 Å². The van der Waals surface area contributed by atoms with Crippen molar-refractivity contribution >= 4 is 17.8 Å². The van der Waals surface area contributed by atoms with E-state index in [9.17, 15) is 19.5 Å². The van der Waals surface area contributed by atoms with Gasteiger partial charge in [0.2, 0.25) is 5.91 Å². The molecule has 2 unspecified atom stereocenters. The van der Waals surface area contributed by atoms with Gasteiger partial charge in [-0.15, -0.1) is 0 Å². The van der Waals surface area contributed by atoms with Gasteiger partial charge < -0.3 is 20.1 Å². The first-order valence-corrected chi connectivity index (χ1v) is 9.07. The summed E-state index contributed by atoms with van der Waals surface area (Å²) in [6, 6.07) is 0. The molecule has 0 aromatic heterocycles. The number of hydrogen-bond acceptors (Lipinski definition) is 5. The lowest BCUT2D eigenvalue weighted by Gasteiger charge is -2.35. The number of amides is 1. The molecule has 0 radical (unpaired) electrons. The molecule has 0 aromatic rings. The van der Waals surface area contributed by atoms with Crippen molar-refractivity contribution in [1.29, 1.82) is 0 Å². The fraction of sp³-hybridized carbons (Fsp3) is 0.833. The van der Waals surface area contributed by atoms with Crippen LogP contribution in [0.25, 0.3) is 0 Å². The van der Waals surface area contributed by atoms with Gasteiger partial charge in [0.05, 0.1) is 5.92 Å². The van der Waals surface area contributed by atoms with Gasteiger partial charge in [-0.25, -0.2) is 0 Å². The Bertz CT molecular complexity index is 476. The zero-order valence-electron chi connectivity index (χ0n) is 16.0. The number of nitrogens with one attached hydrogen (secondary N) is 1. The summed E-state index contributed by atoms with van der Waals surface area (Å²) < 4.78 is 5.49. The maximum atomic E-state index is 12.8. The molecule has 0 aromatic carbocycles. The van der Waals surface area contributed by atoms with E-state index in [0.29, 0.717) is 39.0 Å². The van der Waals surface area contributed by atoms with Gasteiger partial charge >= 0.3 is 11.9 Å². The molecule has 1 aliphatic rings. The lowest BCUT2D eigenvalue weighted by molar-refractivity contribution is -0.174. The largest absolute Gasteiger partial charge is 0.481 e. The predicted octanol–water partition coefficient (Wildman–Crippen LogP) is 1.51. The molecule has 1 fully saturated rings. The first-order valence-electron chi connectivity index (χ1n) is 9.07. The molecule has 1 heterocycles. The van der Waals surface area contributed by atoms with Crippen LogP contribution in [-0.4, -0.2) is 59.6 Å². The second-order valence-corrected chi connectivity index (χ2v) is 7.47. The smallest absolute Gasteiger partial charge is 0.316 e. The van der Waals surface area contributed by atoms with Crippen LogP contribution in [0, 0.1) is 17.8 Å². The Balaban J connectivity index is 3.21. The Kier molecular flexibility index (Phi) is 7.86. The van der Waals surface area contributed by atoms with Crippen LogP contribution in [0.1, 0.15) is 47.5 Å². The minimum atomic E-state index is -1.40. The summed E-state index contributed by atoms with van der Waals surface area (Å²) >= 11 is 0. The summed E-state index contributed by atoms with van der Waals surface area (Å²) in [6.07, 6.45) is 1.30. The number of aliphatic carboxylic acids is 1. The standard InChI is InChI=1S/C18H32N2O5/c1-6-20(7-2)15(21)14(16(22)23)13(12-8-10-19-11-9-12)17(24)25-18(3,4)5/h12-14,19H,6-11H2,1-5H3,(H,22,23). The summed E-state index contributed by atoms with van der Waals surface area (Å²) in [7, 11) is 0. The summed E-state index contributed by atoms with van der Waals surface area (Å²) in [4.78, 5) is 39.1. The lowest BCUT2D eigenvalue weighted by Crippen LogP contribution is -2.50. The van der Waals surface area contributed by atoms with E-state index in [2.05, 4.69) is 5.32 Å². The first-order chi connectivity index (χ1) is 11.6. The van der Waals surface area contributed by atoms with E-state index < -0.39 is 35.3 Å². The molecule has 0 aliphatic carbocycles. The molecule has 1 rings (SSSR count). The number of carboxylic acids is 1. The number of carbonyl (C=O) groups is 3. The molecule has 1 aliphatic heterocycles. The van der Waals surface area contributed by atoms with E-state index in [1.54, 1.807) is 34.6 Å². The summed E-state index contributed by atoms with van der Waals surface area (Å²) in [6.45, 7) is 11.1. The first kappa shape index (κ1) is 21.4. The number of esters is 1. The summed E-state index contributed by atoms with van der Waals surface area (Å²) in [5.41, 5.74) is -0.733. The molecular formula is C18H32N2O5. The van der Waals surface area contributed by atoms with Crippen molar-refractivity contribution in [2.45, 2.75) is 53.1 Å². The summed E-state index contributed by atoms with van der Waals surface area (Å²) in [5, 5.41) is 13.0. The Morgan fingerprint density at radius 3 is 2.08 bits per heavy atom. The number of rotatable bonds is 7. The van der Waals surface area contributed by atoms with Crippen molar-refractivity contribution in [2.75, 3.05) is 26.2 Å². The molecule has 7 heteroatoms. The van der Waals surface area contributed by atoms with Crippen LogP contribution in [0.5, 0.6) is 0 Å².